The Morgan fingerprint density at radius 3 is 2.79 bits per heavy atom. The van der Waals surface area contributed by atoms with E-state index in [1.165, 1.54) is 0 Å². The van der Waals surface area contributed by atoms with Crippen LogP contribution in [0.5, 0.6) is 0 Å². The smallest absolute Gasteiger partial charge is 0.138 e. The van der Waals surface area contributed by atoms with Crippen molar-refractivity contribution in [3.63, 3.8) is 0 Å². The minimum atomic E-state index is 0.219. The molecule has 0 aromatic rings. The highest BCUT2D eigenvalue weighted by Crippen LogP contribution is 2.23. The third-order valence-electron chi connectivity index (χ3n) is 3.51. The molecular weight excluding hydrogens is 178 g/mol. The molecule has 14 heavy (non-hydrogen) atoms. The largest absolute Gasteiger partial charge is 0.377 e. The van der Waals surface area contributed by atoms with Gasteiger partial charge in [0, 0.05) is 38.1 Å². The number of piperidine rings is 1. The lowest BCUT2D eigenvalue weighted by Crippen LogP contribution is -2.47. The Labute approximate surface area is 85.4 Å². The van der Waals surface area contributed by atoms with E-state index in [2.05, 4.69) is 11.8 Å². The number of hydrogen-bond donors (Lipinski definition) is 0. The van der Waals surface area contributed by atoms with Crippen LogP contribution in [0.1, 0.15) is 26.7 Å². The number of nitrogens with zero attached hydrogens (tertiary/aromatic N) is 1. The van der Waals surface area contributed by atoms with Crippen LogP contribution >= 0.6 is 0 Å². The van der Waals surface area contributed by atoms with Gasteiger partial charge in [0.2, 0.25) is 0 Å². The van der Waals surface area contributed by atoms with Crippen molar-refractivity contribution in [1.82, 2.24) is 4.90 Å². The number of carbonyl (C=O) groups excluding carboxylic acids is 1. The van der Waals surface area contributed by atoms with Gasteiger partial charge in [0.15, 0.2) is 0 Å². The molecule has 0 bridgehead atoms. The lowest BCUT2D eigenvalue weighted by molar-refractivity contribution is -0.126. The molecule has 2 aliphatic rings. The molecule has 80 valence electrons. The molecule has 2 fully saturated rings. The van der Waals surface area contributed by atoms with Crippen molar-refractivity contribution in [2.45, 2.75) is 38.8 Å². The summed E-state index contributed by atoms with van der Waals surface area (Å²) >= 11 is 0. The summed E-state index contributed by atoms with van der Waals surface area (Å²) in [6, 6.07) is 0.547. The topological polar surface area (TPSA) is 29.5 Å². The molecule has 0 saturated carbocycles. The van der Waals surface area contributed by atoms with Gasteiger partial charge in [0.25, 0.3) is 0 Å². The van der Waals surface area contributed by atoms with Gasteiger partial charge < -0.3 is 4.74 Å². The maximum Gasteiger partial charge on any atom is 0.138 e. The van der Waals surface area contributed by atoms with Crippen LogP contribution in [0.2, 0.25) is 0 Å². The maximum atomic E-state index is 11.4. The predicted molar refractivity (Wildman–Crippen MR) is 54.2 cm³/mol. The molecular formula is C11H19NO2. The second-order valence-corrected chi connectivity index (χ2v) is 4.54. The Morgan fingerprint density at radius 1 is 1.43 bits per heavy atom. The predicted octanol–water partition coefficient (Wildman–Crippen LogP) is 1.07. The summed E-state index contributed by atoms with van der Waals surface area (Å²) in [5, 5.41) is 0. The van der Waals surface area contributed by atoms with E-state index in [9.17, 15) is 4.79 Å². The summed E-state index contributed by atoms with van der Waals surface area (Å²) in [4.78, 5) is 13.8. The van der Waals surface area contributed by atoms with Crippen LogP contribution in [-0.4, -0.2) is 42.5 Å². The number of ether oxygens (including phenoxy) is 1. The quantitative estimate of drug-likeness (QED) is 0.630. The second kappa shape index (κ2) is 3.99. The summed E-state index contributed by atoms with van der Waals surface area (Å²) in [5.41, 5.74) is 0. The van der Waals surface area contributed by atoms with E-state index in [0.717, 1.165) is 32.5 Å². The first-order valence-corrected chi connectivity index (χ1v) is 5.57. The highest BCUT2D eigenvalue weighted by molar-refractivity contribution is 5.81. The lowest BCUT2D eigenvalue weighted by atomic mass is 9.96. The molecule has 0 aliphatic carbocycles. The summed E-state index contributed by atoms with van der Waals surface area (Å²) in [7, 11) is 0. The maximum absolute atomic E-state index is 11.4. The Hall–Kier alpha value is -0.410. The van der Waals surface area contributed by atoms with Gasteiger partial charge in [-0.05, 0) is 13.3 Å². The van der Waals surface area contributed by atoms with Crippen molar-refractivity contribution < 1.29 is 9.53 Å². The minimum Gasteiger partial charge on any atom is -0.377 e. The van der Waals surface area contributed by atoms with E-state index >= 15 is 0 Å². The Kier molecular flexibility index (Phi) is 2.88. The Morgan fingerprint density at radius 2 is 2.21 bits per heavy atom. The number of ketones is 1. The first kappa shape index (κ1) is 10.1. The number of carbonyl (C=O) groups is 1. The summed E-state index contributed by atoms with van der Waals surface area (Å²) in [5.74, 6) is 0.643. The first-order valence-electron chi connectivity index (χ1n) is 5.57. The van der Waals surface area contributed by atoms with Crippen molar-refractivity contribution in [1.29, 1.82) is 0 Å². The fourth-order valence-electron chi connectivity index (χ4n) is 2.55. The van der Waals surface area contributed by atoms with Crippen molar-refractivity contribution in [2.24, 2.45) is 5.92 Å². The molecule has 0 N–H and O–H groups in total. The van der Waals surface area contributed by atoms with Crippen molar-refractivity contribution in [3.8, 4) is 0 Å². The molecule has 0 amide bonds. The zero-order valence-electron chi connectivity index (χ0n) is 9.03. The molecule has 3 heteroatoms. The zero-order chi connectivity index (χ0) is 10.1. The van der Waals surface area contributed by atoms with Gasteiger partial charge in [-0.25, -0.2) is 0 Å². The molecule has 2 heterocycles. The number of likely N-dealkylation sites (tertiary alicyclic amines) is 1. The van der Waals surface area contributed by atoms with E-state index in [4.69, 9.17) is 4.74 Å². The van der Waals surface area contributed by atoms with E-state index < -0.39 is 0 Å². The summed E-state index contributed by atoms with van der Waals surface area (Å²) in [6.45, 7) is 6.91. The molecule has 3 nitrogen and oxygen atoms in total. The van der Waals surface area contributed by atoms with Gasteiger partial charge in [-0.2, -0.15) is 0 Å². The highest BCUT2D eigenvalue weighted by Gasteiger charge is 2.34. The van der Waals surface area contributed by atoms with Gasteiger partial charge in [0.05, 0.1) is 6.10 Å². The fourth-order valence-corrected chi connectivity index (χ4v) is 2.55. The van der Waals surface area contributed by atoms with Gasteiger partial charge >= 0.3 is 0 Å². The minimum absolute atomic E-state index is 0.219. The number of Topliss-reactive ketones (excluding diaryl/α,β-unsaturated/α-hetero) is 1. The second-order valence-electron chi connectivity index (χ2n) is 4.54. The molecule has 3 unspecified atom stereocenters. The van der Waals surface area contributed by atoms with E-state index in [-0.39, 0.29) is 5.92 Å². The third-order valence-corrected chi connectivity index (χ3v) is 3.51. The molecule has 3 atom stereocenters. The molecule has 2 rings (SSSR count). The average molecular weight is 197 g/mol. The van der Waals surface area contributed by atoms with Crippen LogP contribution in [-0.2, 0) is 9.53 Å². The SMILES string of the molecule is CC1CN(C2CCOC2C)CCC1=O. The van der Waals surface area contributed by atoms with Crippen LogP contribution < -0.4 is 0 Å². The molecule has 0 aromatic heterocycles. The monoisotopic (exact) mass is 197 g/mol. The van der Waals surface area contributed by atoms with E-state index in [1.54, 1.807) is 0 Å². The van der Waals surface area contributed by atoms with E-state index in [0.29, 0.717) is 17.9 Å². The van der Waals surface area contributed by atoms with E-state index in [1.807, 2.05) is 6.92 Å². The summed E-state index contributed by atoms with van der Waals surface area (Å²) in [6.07, 6.45) is 2.20. The number of rotatable bonds is 1. The van der Waals surface area contributed by atoms with Crippen LogP contribution in [0.3, 0.4) is 0 Å². The van der Waals surface area contributed by atoms with Crippen LogP contribution in [0.4, 0.5) is 0 Å². The molecule has 0 aromatic carbocycles. The molecule has 0 radical (unpaired) electrons. The van der Waals surface area contributed by atoms with Gasteiger partial charge in [-0.15, -0.1) is 0 Å². The Bertz CT molecular complexity index is 229. The standard InChI is InChI=1S/C11H19NO2/c1-8-7-12(5-3-11(8)13)10-4-6-14-9(10)2/h8-10H,3-7H2,1-2H3. The van der Waals surface area contributed by atoms with Crippen LogP contribution in [0.15, 0.2) is 0 Å². The van der Waals surface area contributed by atoms with Crippen molar-refractivity contribution in [2.75, 3.05) is 19.7 Å². The Balaban J connectivity index is 1.95. The first-order chi connectivity index (χ1) is 6.68. The molecule has 2 aliphatic heterocycles. The lowest BCUT2D eigenvalue weighted by Gasteiger charge is -2.35. The van der Waals surface area contributed by atoms with Crippen molar-refractivity contribution in [3.05, 3.63) is 0 Å². The third kappa shape index (κ3) is 1.84. The normalized spacial score (nSPS) is 40.4. The number of hydrogen-bond acceptors (Lipinski definition) is 3. The summed E-state index contributed by atoms with van der Waals surface area (Å²) < 4.78 is 5.55. The van der Waals surface area contributed by atoms with Gasteiger partial charge in [-0.1, -0.05) is 6.92 Å². The van der Waals surface area contributed by atoms with Gasteiger partial charge in [-0.3, -0.25) is 9.69 Å². The van der Waals surface area contributed by atoms with Gasteiger partial charge in [0.1, 0.15) is 5.78 Å². The van der Waals surface area contributed by atoms with Crippen LogP contribution in [0, 0.1) is 5.92 Å². The average Bonchev–Trinajstić information content (AvgIpc) is 2.57. The zero-order valence-corrected chi connectivity index (χ0v) is 9.03. The highest BCUT2D eigenvalue weighted by atomic mass is 16.5. The molecule has 2 saturated heterocycles. The van der Waals surface area contributed by atoms with Crippen LogP contribution in [0.25, 0.3) is 0 Å². The fraction of sp³-hybridized carbons (Fsp3) is 0.909. The van der Waals surface area contributed by atoms with Crippen molar-refractivity contribution >= 4 is 5.78 Å². The molecule has 0 spiro atoms.